The van der Waals surface area contributed by atoms with Gasteiger partial charge in [0.05, 0.1) is 11.9 Å². The minimum absolute atomic E-state index is 0.0390. The summed E-state index contributed by atoms with van der Waals surface area (Å²) in [6.07, 6.45) is 1.35. The zero-order valence-corrected chi connectivity index (χ0v) is 23.3. The lowest BCUT2D eigenvalue weighted by Gasteiger charge is -2.33. The van der Waals surface area contributed by atoms with Gasteiger partial charge < -0.3 is 10.2 Å². The highest BCUT2D eigenvalue weighted by Crippen LogP contribution is 2.22. The first-order valence-electron chi connectivity index (χ1n) is 11.9. The van der Waals surface area contributed by atoms with Gasteiger partial charge in [-0.25, -0.2) is 17.2 Å². The molecular formula is C26H34ClF2N3O4S. The van der Waals surface area contributed by atoms with E-state index in [0.29, 0.717) is 11.4 Å². The molecule has 2 aromatic carbocycles. The fourth-order valence-electron chi connectivity index (χ4n) is 3.80. The Morgan fingerprint density at radius 1 is 1.05 bits per heavy atom. The second-order valence-corrected chi connectivity index (χ2v) is 12.2. The molecular weight excluding hydrogens is 524 g/mol. The number of hydrogen-bond donors (Lipinski definition) is 1. The molecule has 0 aliphatic heterocycles. The van der Waals surface area contributed by atoms with Crippen LogP contribution in [0.15, 0.2) is 42.5 Å². The van der Waals surface area contributed by atoms with Gasteiger partial charge in [-0.3, -0.25) is 13.9 Å². The van der Waals surface area contributed by atoms with Gasteiger partial charge in [-0.2, -0.15) is 0 Å². The van der Waals surface area contributed by atoms with Gasteiger partial charge in [0.2, 0.25) is 21.8 Å². The number of sulfonamides is 1. The maximum absolute atomic E-state index is 13.7. The highest BCUT2D eigenvalue weighted by atomic mass is 35.5. The van der Waals surface area contributed by atoms with Crippen LogP contribution in [-0.4, -0.2) is 49.5 Å². The molecule has 0 aromatic heterocycles. The number of anilines is 1. The third-order valence-corrected chi connectivity index (χ3v) is 6.94. The maximum atomic E-state index is 13.7. The van der Waals surface area contributed by atoms with Gasteiger partial charge >= 0.3 is 0 Å². The van der Waals surface area contributed by atoms with Crippen LogP contribution in [0.3, 0.4) is 0 Å². The largest absolute Gasteiger partial charge is 0.350 e. The lowest BCUT2D eigenvalue weighted by molar-refractivity contribution is -0.142. The van der Waals surface area contributed by atoms with Gasteiger partial charge in [0, 0.05) is 36.1 Å². The number of halogens is 3. The van der Waals surface area contributed by atoms with E-state index in [9.17, 15) is 26.8 Å². The Morgan fingerprint density at radius 3 is 2.19 bits per heavy atom. The summed E-state index contributed by atoms with van der Waals surface area (Å²) in [6, 6.07) is 8.99. The van der Waals surface area contributed by atoms with Crippen LogP contribution in [0.25, 0.3) is 0 Å². The van der Waals surface area contributed by atoms with Gasteiger partial charge in [-0.05, 0) is 63.4 Å². The van der Waals surface area contributed by atoms with Crippen LogP contribution in [-0.2, 0) is 26.2 Å². The summed E-state index contributed by atoms with van der Waals surface area (Å²) in [4.78, 5) is 27.9. The number of hydrogen-bond acceptors (Lipinski definition) is 4. The SMILES string of the molecule is CC[C@H](C(=O)NC(C)(C)C)N(Cc1ccc(Cl)cc1)C(=O)CCCN(c1ccc(F)c(F)c1)S(C)(=O)=O. The van der Waals surface area contributed by atoms with Crippen molar-refractivity contribution >= 4 is 39.1 Å². The van der Waals surface area contributed by atoms with Crippen LogP contribution in [0.1, 0.15) is 52.5 Å². The molecule has 7 nitrogen and oxygen atoms in total. The standard InChI is InChI=1S/C26H34ClF2N3O4S/c1-6-23(25(34)30-26(2,3)4)31(17-18-9-11-19(27)12-10-18)24(33)8-7-15-32(37(5,35)36)20-13-14-21(28)22(29)16-20/h9-14,16,23H,6-8,15,17H2,1-5H3,(H,30,34)/t23-/m1/s1. The van der Waals surface area contributed by atoms with Crippen LogP contribution >= 0.6 is 11.6 Å². The summed E-state index contributed by atoms with van der Waals surface area (Å²) in [5.41, 5.74) is 0.238. The molecule has 204 valence electrons. The molecule has 37 heavy (non-hydrogen) atoms. The molecule has 1 atom stereocenters. The average molecular weight is 558 g/mol. The summed E-state index contributed by atoms with van der Waals surface area (Å²) in [5, 5.41) is 3.46. The number of carbonyl (C=O) groups is 2. The van der Waals surface area contributed by atoms with E-state index >= 15 is 0 Å². The highest BCUT2D eigenvalue weighted by molar-refractivity contribution is 7.92. The van der Waals surface area contributed by atoms with E-state index in [0.717, 1.165) is 34.3 Å². The average Bonchev–Trinajstić information content (AvgIpc) is 2.77. The molecule has 0 aliphatic carbocycles. The van der Waals surface area contributed by atoms with E-state index in [-0.39, 0.29) is 43.4 Å². The lowest BCUT2D eigenvalue weighted by atomic mass is 10.0. The summed E-state index contributed by atoms with van der Waals surface area (Å²) in [5.74, 6) is -2.90. The smallest absolute Gasteiger partial charge is 0.243 e. The van der Waals surface area contributed by atoms with Crippen molar-refractivity contribution in [1.82, 2.24) is 10.2 Å². The molecule has 0 heterocycles. The lowest BCUT2D eigenvalue weighted by Crippen LogP contribution is -2.53. The Kier molecular flexibility index (Phi) is 10.5. The number of amides is 2. The quantitative estimate of drug-likeness (QED) is 0.426. The van der Waals surface area contributed by atoms with Gasteiger partial charge in [0.25, 0.3) is 0 Å². The van der Waals surface area contributed by atoms with Gasteiger partial charge in [0.1, 0.15) is 6.04 Å². The maximum Gasteiger partial charge on any atom is 0.243 e. The summed E-state index contributed by atoms with van der Waals surface area (Å²) >= 11 is 5.98. The summed E-state index contributed by atoms with van der Waals surface area (Å²) < 4.78 is 52.7. The van der Waals surface area contributed by atoms with Gasteiger partial charge in [-0.15, -0.1) is 0 Å². The molecule has 0 saturated heterocycles. The number of rotatable bonds is 11. The number of nitrogens with zero attached hydrogens (tertiary/aromatic N) is 2. The Balaban J connectivity index is 2.25. The van der Waals surface area contributed by atoms with Crippen LogP contribution in [0.5, 0.6) is 0 Å². The normalized spacial score (nSPS) is 12.6. The molecule has 0 aliphatic rings. The topological polar surface area (TPSA) is 86.8 Å². The molecule has 0 unspecified atom stereocenters. The van der Waals surface area contributed by atoms with Crippen molar-refractivity contribution in [1.29, 1.82) is 0 Å². The second kappa shape index (κ2) is 12.7. The highest BCUT2D eigenvalue weighted by Gasteiger charge is 2.30. The van der Waals surface area contributed by atoms with Gasteiger partial charge in [0.15, 0.2) is 11.6 Å². The van der Waals surface area contributed by atoms with Gasteiger partial charge in [-0.1, -0.05) is 30.7 Å². The predicted octanol–water partition coefficient (Wildman–Crippen LogP) is 4.89. The first-order chi connectivity index (χ1) is 17.1. The van der Waals surface area contributed by atoms with Crippen molar-refractivity contribution in [3.8, 4) is 0 Å². The van der Waals surface area contributed by atoms with Crippen molar-refractivity contribution in [2.45, 2.75) is 65.1 Å². The first kappa shape index (κ1) is 30.5. The van der Waals surface area contributed by atoms with E-state index < -0.39 is 33.2 Å². The van der Waals surface area contributed by atoms with E-state index in [1.54, 1.807) is 24.3 Å². The Morgan fingerprint density at radius 2 is 1.68 bits per heavy atom. The zero-order chi connectivity index (χ0) is 28.0. The number of benzene rings is 2. The number of carbonyl (C=O) groups excluding carboxylic acids is 2. The van der Waals surface area contributed by atoms with Crippen molar-refractivity contribution < 1.29 is 26.8 Å². The summed E-state index contributed by atoms with van der Waals surface area (Å²) in [6.45, 7) is 7.38. The molecule has 11 heteroatoms. The Hall–Kier alpha value is -2.72. The molecule has 1 N–H and O–H groups in total. The fourth-order valence-corrected chi connectivity index (χ4v) is 4.89. The second-order valence-electron chi connectivity index (χ2n) is 9.85. The number of nitrogens with one attached hydrogen (secondary N) is 1. The van der Waals surface area contributed by atoms with E-state index in [2.05, 4.69) is 5.32 Å². The van der Waals surface area contributed by atoms with Crippen molar-refractivity contribution in [3.63, 3.8) is 0 Å². The minimum Gasteiger partial charge on any atom is -0.350 e. The van der Waals surface area contributed by atoms with Crippen molar-refractivity contribution in [2.24, 2.45) is 0 Å². The molecule has 0 bridgehead atoms. The fraction of sp³-hybridized carbons (Fsp3) is 0.462. The third kappa shape index (κ3) is 9.27. The van der Waals surface area contributed by atoms with E-state index in [1.807, 2.05) is 27.7 Å². The minimum atomic E-state index is -3.83. The molecule has 0 radical (unpaired) electrons. The van der Waals surface area contributed by atoms with Crippen LogP contribution < -0.4 is 9.62 Å². The zero-order valence-electron chi connectivity index (χ0n) is 21.7. The van der Waals surface area contributed by atoms with Crippen LogP contribution in [0.4, 0.5) is 14.5 Å². The van der Waals surface area contributed by atoms with Crippen LogP contribution in [0, 0.1) is 11.6 Å². The third-order valence-electron chi connectivity index (χ3n) is 5.49. The van der Waals surface area contributed by atoms with E-state index in [1.165, 1.54) is 4.90 Å². The predicted molar refractivity (Wildman–Crippen MR) is 142 cm³/mol. The Bertz CT molecular complexity index is 1200. The molecule has 2 rings (SSSR count). The molecule has 2 aromatic rings. The monoisotopic (exact) mass is 557 g/mol. The summed E-state index contributed by atoms with van der Waals surface area (Å²) in [7, 11) is -3.83. The molecule has 0 fully saturated rings. The van der Waals surface area contributed by atoms with Crippen molar-refractivity contribution in [2.75, 3.05) is 17.1 Å². The van der Waals surface area contributed by atoms with E-state index in [4.69, 9.17) is 11.6 Å². The molecule has 0 spiro atoms. The Labute approximate surface area is 222 Å². The molecule has 2 amide bonds. The first-order valence-corrected chi connectivity index (χ1v) is 14.1. The van der Waals surface area contributed by atoms with Crippen molar-refractivity contribution in [3.05, 3.63) is 64.7 Å². The van der Waals surface area contributed by atoms with Crippen LogP contribution in [0.2, 0.25) is 5.02 Å². The molecule has 0 saturated carbocycles.